The van der Waals surface area contributed by atoms with Crippen LogP contribution in [0.25, 0.3) is 0 Å². The Morgan fingerprint density at radius 2 is 2.27 bits per heavy atom. The summed E-state index contributed by atoms with van der Waals surface area (Å²) in [6.07, 6.45) is 1.70. The quantitative estimate of drug-likeness (QED) is 0.806. The molecular formula is C11H17NO2S. The fourth-order valence-corrected chi connectivity index (χ4v) is 2.07. The van der Waals surface area contributed by atoms with Gasteiger partial charge >= 0.3 is 0 Å². The highest BCUT2D eigenvalue weighted by Gasteiger charge is 2.12. The van der Waals surface area contributed by atoms with Crippen LogP contribution in [0.3, 0.4) is 0 Å². The second-order valence-electron chi connectivity index (χ2n) is 3.38. The van der Waals surface area contributed by atoms with E-state index in [0.717, 1.165) is 17.7 Å². The SMILES string of the molecule is CCc1ccc(C(=O)NC(CC)CO)s1. The third kappa shape index (κ3) is 3.32. The number of nitrogens with one attached hydrogen (secondary N) is 1. The van der Waals surface area contributed by atoms with Gasteiger partial charge in [0.1, 0.15) is 0 Å². The van der Waals surface area contributed by atoms with Crippen molar-refractivity contribution in [1.29, 1.82) is 0 Å². The van der Waals surface area contributed by atoms with Crippen molar-refractivity contribution in [2.24, 2.45) is 0 Å². The Morgan fingerprint density at radius 1 is 1.53 bits per heavy atom. The maximum atomic E-state index is 11.7. The van der Waals surface area contributed by atoms with Crippen molar-refractivity contribution in [2.45, 2.75) is 32.7 Å². The minimum absolute atomic E-state index is 0.00570. The van der Waals surface area contributed by atoms with Crippen LogP contribution in [0.15, 0.2) is 12.1 Å². The Kier molecular flexibility index (Phi) is 4.78. The molecule has 3 nitrogen and oxygen atoms in total. The minimum Gasteiger partial charge on any atom is -0.394 e. The minimum atomic E-state index is -0.135. The third-order valence-corrected chi connectivity index (χ3v) is 3.51. The predicted octanol–water partition coefficient (Wildman–Crippen LogP) is 1.81. The fraction of sp³-hybridized carbons (Fsp3) is 0.545. The summed E-state index contributed by atoms with van der Waals surface area (Å²) in [5.74, 6) is -0.0828. The van der Waals surface area contributed by atoms with Crippen molar-refractivity contribution in [3.05, 3.63) is 21.9 Å². The molecule has 1 atom stereocenters. The monoisotopic (exact) mass is 227 g/mol. The first-order valence-electron chi connectivity index (χ1n) is 5.21. The van der Waals surface area contributed by atoms with Gasteiger partial charge in [0, 0.05) is 4.88 Å². The second kappa shape index (κ2) is 5.88. The second-order valence-corrected chi connectivity index (χ2v) is 4.55. The first-order valence-corrected chi connectivity index (χ1v) is 6.03. The lowest BCUT2D eigenvalue weighted by Gasteiger charge is -2.12. The number of hydrogen-bond donors (Lipinski definition) is 2. The van der Waals surface area contributed by atoms with Crippen molar-refractivity contribution in [2.75, 3.05) is 6.61 Å². The largest absolute Gasteiger partial charge is 0.394 e. The fourth-order valence-electron chi connectivity index (χ4n) is 1.22. The van der Waals surface area contributed by atoms with Crippen molar-refractivity contribution in [3.8, 4) is 0 Å². The summed E-state index contributed by atoms with van der Waals surface area (Å²) in [5, 5.41) is 11.8. The Labute approximate surface area is 94.1 Å². The molecule has 0 saturated carbocycles. The van der Waals surface area contributed by atoms with Crippen molar-refractivity contribution in [1.82, 2.24) is 5.32 Å². The molecule has 0 aliphatic rings. The number of carbonyl (C=O) groups is 1. The van der Waals surface area contributed by atoms with Gasteiger partial charge < -0.3 is 10.4 Å². The van der Waals surface area contributed by atoms with Gasteiger partial charge in [-0.05, 0) is 25.0 Å². The van der Waals surface area contributed by atoms with E-state index < -0.39 is 0 Å². The Balaban J connectivity index is 2.60. The first kappa shape index (κ1) is 12.2. The number of carbonyl (C=O) groups excluding carboxylic acids is 1. The molecule has 0 aromatic carbocycles. The van der Waals surface area contributed by atoms with E-state index >= 15 is 0 Å². The summed E-state index contributed by atoms with van der Waals surface area (Å²) in [7, 11) is 0. The van der Waals surface area contributed by atoms with Gasteiger partial charge in [-0.3, -0.25) is 4.79 Å². The predicted molar refractivity (Wildman–Crippen MR) is 62.3 cm³/mol. The van der Waals surface area contributed by atoms with E-state index in [1.54, 1.807) is 0 Å². The molecule has 84 valence electrons. The molecule has 0 spiro atoms. The van der Waals surface area contributed by atoms with Crippen LogP contribution in [-0.2, 0) is 6.42 Å². The molecule has 0 aliphatic carbocycles. The zero-order valence-electron chi connectivity index (χ0n) is 9.12. The number of aliphatic hydroxyl groups excluding tert-OH is 1. The van der Waals surface area contributed by atoms with Crippen LogP contribution in [0, 0.1) is 0 Å². The summed E-state index contributed by atoms with van der Waals surface area (Å²) in [4.78, 5) is 13.6. The van der Waals surface area contributed by atoms with Crippen LogP contribution in [0.4, 0.5) is 0 Å². The molecule has 1 heterocycles. The molecule has 15 heavy (non-hydrogen) atoms. The molecule has 0 fully saturated rings. The molecule has 1 rings (SSSR count). The first-order chi connectivity index (χ1) is 7.21. The zero-order valence-corrected chi connectivity index (χ0v) is 9.93. The van der Waals surface area contributed by atoms with Crippen LogP contribution in [0.1, 0.15) is 34.8 Å². The van der Waals surface area contributed by atoms with Crippen molar-refractivity contribution in [3.63, 3.8) is 0 Å². The third-order valence-electron chi connectivity index (χ3n) is 2.28. The van der Waals surface area contributed by atoms with E-state index in [2.05, 4.69) is 12.2 Å². The maximum Gasteiger partial charge on any atom is 0.261 e. The molecule has 0 saturated heterocycles. The highest BCUT2D eigenvalue weighted by Crippen LogP contribution is 2.16. The number of amides is 1. The van der Waals surface area contributed by atoms with Crippen molar-refractivity contribution < 1.29 is 9.90 Å². The lowest BCUT2D eigenvalue weighted by atomic mass is 10.2. The van der Waals surface area contributed by atoms with Gasteiger partial charge in [-0.1, -0.05) is 13.8 Å². The van der Waals surface area contributed by atoms with E-state index in [0.29, 0.717) is 0 Å². The maximum absolute atomic E-state index is 11.7. The Hall–Kier alpha value is -0.870. The number of aliphatic hydroxyl groups is 1. The van der Waals surface area contributed by atoms with Crippen LogP contribution in [-0.4, -0.2) is 23.7 Å². The van der Waals surface area contributed by atoms with Gasteiger partial charge in [-0.25, -0.2) is 0 Å². The van der Waals surface area contributed by atoms with Gasteiger partial charge in [0.25, 0.3) is 5.91 Å². The Bertz CT molecular complexity index is 318. The molecule has 0 aliphatic heterocycles. The van der Waals surface area contributed by atoms with E-state index in [9.17, 15) is 4.79 Å². The normalized spacial score (nSPS) is 12.5. The average Bonchev–Trinajstić information content (AvgIpc) is 2.74. The van der Waals surface area contributed by atoms with Gasteiger partial charge in [-0.2, -0.15) is 0 Å². The van der Waals surface area contributed by atoms with E-state index in [-0.39, 0.29) is 18.6 Å². The molecule has 1 unspecified atom stereocenters. The lowest BCUT2D eigenvalue weighted by Crippen LogP contribution is -2.36. The Morgan fingerprint density at radius 3 is 2.73 bits per heavy atom. The zero-order chi connectivity index (χ0) is 11.3. The number of thiophene rings is 1. The highest BCUT2D eigenvalue weighted by molar-refractivity contribution is 7.14. The molecular weight excluding hydrogens is 210 g/mol. The van der Waals surface area contributed by atoms with Crippen LogP contribution in [0.5, 0.6) is 0 Å². The van der Waals surface area contributed by atoms with Crippen molar-refractivity contribution >= 4 is 17.2 Å². The van der Waals surface area contributed by atoms with Crippen LogP contribution < -0.4 is 5.32 Å². The number of rotatable bonds is 5. The van der Waals surface area contributed by atoms with E-state index in [1.165, 1.54) is 16.2 Å². The van der Waals surface area contributed by atoms with Crippen LogP contribution >= 0.6 is 11.3 Å². The topological polar surface area (TPSA) is 49.3 Å². The standard InChI is InChI=1S/C11H17NO2S/c1-3-8(7-13)12-11(14)10-6-5-9(4-2)15-10/h5-6,8,13H,3-4,7H2,1-2H3,(H,12,14). The van der Waals surface area contributed by atoms with Gasteiger partial charge in [0.2, 0.25) is 0 Å². The number of hydrogen-bond acceptors (Lipinski definition) is 3. The summed E-state index contributed by atoms with van der Waals surface area (Å²) >= 11 is 1.51. The summed E-state index contributed by atoms with van der Waals surface area (Å²) in [5.41, 5.74) is 0. The summed E-state index contributed by atoms with van der Waals surface area (Å²) in [6.45, 7) is 4.00. The van der Waals surface area contributed by atoms with Gasteiger partial charge in [0.05, 0.1) is 17.5 Å². The average molecular weight is 227 g/mol. The lowest BCUT2D eigenvalue weighted by molar-refractivity contribution is 0.0919. The molecule has 0 bridgehead atoms. The molecule has 1 aromatic heterocycles. The van der Waals surface area contributed by atoms with Gasteiger partial charge in [-0.15, -0.1) is 11.3 Å². The van der Waals surface area contributed by atoms with Gasteiger partial charge in [0.15, 0.2) is 0 Å². The number of aryl methyl sites for hydroxylation is 1. The van der Waals surface area contributed by atoms with E-state index in [1.807, 2.05) is 19.1 Å². The molecule has 2 N–H and O–H groups in total. The molecule has 0 radical (unpaired) electrons. The summed E-state index contributed by atoms with van der Waals surface area (Å²) in [6, 6.07) is 3.67. The molecule has 1 aromatic rings. The summed E-state index contributed by atoms with van der Waals surface area (Å²) < 4.78 is 0. The highest BCUT2D eigenvalue weighted by atomic mass is 32.1. The van der Waals surface area contributed by atoms with E-state index in [4.69, 9.17) is 5.11 Å². The van der Waals surface area contributed by atoms with Crippen LogP contribution in [0.2, 0.25) is 0 Å². The molecule has 1 amide bonds. The molecule has 4 heteroatoms. The smallest absolute Gasteiger partial charge is 0.261 e.